The third-order valence-electron chi connectivity index (χ3n) is 0.390. The molecule has 0 aromatic carbocycles. The van der Waals surface area contributed by atoms with Crippen molar-refractivity contribution >= 4 is 46.4 Å². The van der Waals surface area contributed by atoms with Crippen LogP contribution < -0.4 is 0 Å². The van der Waals surface area contributed by atoms with E-state index in [0.717, 1.165) is 0 Å². The quantitative estimate of drug-likeness (QED) is 0.572. The highest BCUT2D eigenvalue weighted by Gasteiger charge is 2.06. The summed E-state index contributed by atoms with van der Waals surface area (Å²) in [6, 6.07) is 0. The highest BCUT2D eigenvalue weighted by Crippen LogP contribution is 2.16. The summed E-state index contributed by atoms with van der Waals surface area (Å²) in [6.45, 7) is -0.500. The molecule has 0 bridgehead atoms. The van der Waals surface area contributed by atoms with Crippen molar-refractivity contribution in [3.8, 4) is 0 Å². The Labute approximate surface area is 103 Å². The first-order valence-corrected chi connectivity index (χ1v) is 5.22. The largest absolute Gasteiger partial charge is 0.394 e. The van der Waals surface area contributed by atoms with E-state index in [9.17, 15) is 0 Å². The van der Waals surface area contributed by atoms with E-state index in [2.05, 4.69) is 0 Å². The second-order valence-electron chi connectivity index (χ2n) is 1.56. The predicted octanol–water partition coefficient (Wildman–Crippen LogP) is 0.536. The van der Waals surface area contributed by atoms with Crippen molar-refractivity contribution in [1.82, 2.24) is 0 Å². The van der Waals surface area contributed by atoms with Gasteiger partial charge in [0.1, 0.15) is 9.67 Å². The first-order valence-electron chi connectivity index (χ1n) is 3.47. The molecule has 14 heavy (non-hydrogen) atoms. The average molecular weight is 292 g/mol. The second kappa shape index (κ2) is 19.6. The molecule has 0 aliphatic carbocycles. The zero-order chi connectivity index (χ0) is 12.0. The molecule has 0 radical (unpaired) electrons. The van der Waals surface area contributed by atoms with Crippen molar-refractivity contribution in [1.29, 1.82) is 0 Å². The normalized spacial score (nSPS) is 9.00. The van der Waals surface area contributed by atoms with Crippen molar-refractivity contribution in [3.05, 3.63) is 0 Å². The minimum absolute atomic E-state index is 0.125. The van der Waals surface area contributed by atoms with Crippen LogP contribution in [0.1, 0.15) is 0 Å². The number of hydrogen-bond acceptors (Lipinski definition) is 4. The van der Waals surface area contributed by atoms with Crippen molar-refractivity contribution in [2.24, 2.45) is 0 Å². The Hall–Kier alpha value is 1.000. The van der Waals surface area contributed by atoms with Gasteiger partial charge < -0.3 is 20.4 Å². The number of halogens is 4. The topological polar surface area (TPSA) is 80.9 Å². The fourth-order valence-corrected chi connectivity index (χ4v) is 0. The Bertz CT molecular complexity index is 70.2. The zero-order valence-electron chi connectivity index (χ0n) is 7.28. The number of hydrogen-bond donors (Lipinski definition) is 4. The van der Waals surface area contributed by atoms with Crippen LogP contribution in [0, 0.1) is 0 Å². The molecule has 0 fully saturated rings. The fourth-order valence-electron chi connectivity index (χ4n) is 0. The summed E-state index contributed by atoms with van der Waals surface area (Å²) < 4.78 is 0. The van der Waals surface area contributed by atoms with Crippen molar-refractivity contribution < 1.29 is 20.4 Å². The minimum Gasteiger partial charge on any atom is -0.394 e. The number of rotatable bonds is 3. The lowest BCUT2D eigenvalue weighted by Gasteiger charge is -1.95. The van der Waals surface area contributed by atoms with Crippen LogP contribution in [0.5, 0.6) is 0 Å². The Morgan fingerprint density at radius 3 is 0.714 bits per heavy atom. The van der Waals surface area contributed by atoms with Gasteiger partial charge >= 0.3 is 0 Å². The van der Waals surface area contributed by atoms with Crippen LogP contribution in [0.15, 0.2) is 0 Å². The van der Waals surface area contributed by atoms with Crippen LogP contribution in [0.25, 0.3) is 0 Å². The molecule has 0 unspecified atom stereocenters. The molecule has 0 saturated heterocycles. The number of alkyl halides is 4. The van der Waals surface area contributed by atoms with Gasteiger partial charge in [0.25, 0.3) is 0 Å². The van der Waals surface area contributed by atoms with E-state index < -0.39 is 9.67 Å². The summed E-state index contributed by atoms with van der Waals surface area (Å²) in [5.41, 5.74) is 0. The van der Waals surface area contributed by atoms with E-state index in [-0.39, 0.29) is 26.4 Å². The maximum atomic E-state index is 7.62. The van der Waals surface area contributed by atoms with E-state index in [1.54, 1.807) is 0 Å². The fraction of sp³-hybridized carbons (Fsp3) is 1.00. The monoisotopic (exact) mass is 290 g/mol. The zero-order valence-corrected chi connectivity index (χ0v) is 10.3. The first kappa shape index (κ1) is 20.4. The van der Waals surface area contributed by atoms with Crippen LogP contribution in [-0.4, -0.2) is 56.5 Å². The van der Waals surface area contributed by atoms with E-state index in [1.165, 1.54) is 0 Å². The van der Waals surface area contributed by atoms with E-state index >= 15 is 0 Å². The summed E-state index contributed by atoms with van der Waals surface area (Å²) >= 11 is 20.5. The molecule has 0 saturated carbocycles. The Morgan fingerprint density at radius 2 is 0.714 bits per heavy atom. The van der Waals surface area contributed by atoms with Gasteiger partial charge in [0, 0.05) is 0 Å². The van der Waals surface area contributed by atoms with Gasteiger partial charge in [-0.15, -0.1) is 46.4 Å². The minimum atomic E-state index is -0.673. The highest BCUT2D eigenvalue weighted by atomic mass is 35.5. The summed E-state index contributed by atoms with van der Waals surface area (Å²) in [5, 5.41) is 30.5. The average Bonchev–Trinajstić information content (AvgIpc) is 2.18. The summed E-state index contributed by atoms with van der Waals surface area (Å²) in [7, 11) is 0. The molecule has 0 aromatic rings. The van der Waals surface area contributed by atoms with Crippen molar-refractivity contribution in [2.75, 3.05) is 26.4 Å². The molecule has 0 spiro atoms. The second-order valence-corrected chi connectivity index (χ2v) is 3.89. The summed E-state index contributed by atoms with van der Waals surface area (Å²) in [5.74, 6) is 0. The molecule has 4 nitrogen and oxygen atoms in total. The third-order valence-corrected chi connectivity index (χ3v) is 1.91. The molecular weight excluding hydrogens is 278 g/mol. The standard InChI is InChI=1S/C2H2Cl4.2C2H6O2/c3-1(4)2(5)6;2*3-1-2-4/h1-2H;2*3-4H,1-2H2. The molecule has 0 aromatic heterocycles. The van der Waals surface area contributed by atoms with Gasteiger partial charge in [0.05, 0.1) is 26.4 Å². The van der Waals surface area contributed by atoms with Crippen LogP contribution in [0.2, 0.25) is 0 Å². The summed E-state index contributed by atoms with van der Waals surface area (Å²) in [4.78, 5) is -1.35. The van der Waals surface area contributed by atoms with Gasteiger partial charge in [-0.2, -0.15) is 0 Å². The Kier molecular flexibility index (Phi) is 28.5. The molecule has 4 N–H and O–H groups in total. The SMILES string of the molecule is ClC(Cl)C(Cl)Cl.OCCO.OCCO. The van der Waals surface area contributed by atoms with Crippen LogP contribution in [-0.2, 0) is 0 Å². The number of aliphatic hydroxyl groups excluding tert-OH is 4. The molecular formula is C6H14Cl4O4. The van der Waals surface area contributed by atoms with Gasteiger partial charge in [-0.1, -0.05) is 0 Å². The molecule has 0 amide bonds. The van der Waals surface area contributed by atoms with Gasteiger partial charge in [0.2, 0.25) is 0 Å². The van der Waals surface area contributed by atoms with Crippen LogP contribution in [0.4, 0.5) is 0 Å². The van der Waals surface area contributed by atoms with Gasteiger partial charge in [-0.05, 0) is 0 Å². The van der Waals surface area contributed by atoms with Crippen LogP contribution in [0.3, 0.4) is 0 Å². The summed E-state index contributed by atoms with van der Waals surface area (Å²) in [6.07, 6.45) is 0. The van der Waals surface area contributed by atoms with E-state index in [0.29, 0.717) is 0 Å². The third kappa shape index (κ3) is 38.2. The number of aliphatic hydroxyl groups is 4. The molecule has 0 rings (SSSR count). The molecule has 0 aliphatic rings. The van der Waals surface area contributed by atoms with Crippen molar-refractivity contribution in [3.63, 3.8) is 0 Å². The Morgan fingerprint density at radius 1 is 0.571 bits per heavy atom. The molecule has 0 heterocycles. The van der Waals surface area contributed by atoms with Crippen LogP contribution >= 0.6 is 46.4 Å². The molecule has 0 atom stereocenters. The first-order chi connectivity index (χ1) is 6.47. The lowest BCUT2D eigenvalue weighted by atomic mass is 10.8. The Balaban J connectivity index is -0.000000135. The molecule has 90 valence electrons. The van der Waals surface area contributed by atoms with Gasteiger partial charge in [-0.25, -0.2) is 0 Å². The lowest BCUT2D eigenvalue weighted by molar-refractivity contribution is 0.186. The lowest BCUT2D eigenvalue weighted by Crippen LogP contribution is -1.96. The highest BCUT2D eigenvalue weighted by molar-refractivity contribution is 6.56. The van der Waals surface area contributed by atoms with Gasteiger partial charge in [0.15, 0.2) is 0 Å². The maximum Gasteiger partial charge on any atom is 0.137 e. The molecule has 8 heteroatoms. The maximum absolute atomic E-state index is 7.62. The van der Waals surface area contributed by atoms with Crippen molar-refractivity contribution in [2.45, 2.75) is 9.67 Å². The van der Waals surface area contributed by atoms with Gasteiger partial charge in [-0.3, -0.25) is 0 Å². The smallest absolute Gasteiger partial charge is 0.137 e. The molecule has 0 aliphatic heterocycles. The van der Waals surface area contributed by atoms with E-state index in [1.807, 2.05) is 0 Å². The van der Waals surface area contributed by atoms with E-state index in [4.69, 9.17) is 66.8 Å². The predicted molar refractivity (Wildman–Crippen MR) is 59.3 cm³/mol.